The van der Waals surface area contributed by atoms with E-state index in [1.54, 1.807) is 46.9 Å². The first kappa shape index (κ1) is 77.9. The molecule has 31 heteroatoms. The molecule has 9 aliphatic heterocycles. The topological polar surface area (TPSA) is 228 Å². The molecule has 18 rings (SSSR count). The monoisotopic (exact) mass is 1630 g/mol. The van der Waals surface area contributed by atoms with Crippen LogP contribution in [0.5, 0.6) is 17.2 Å². The highest BCUT2D eigenvalue weighted by Crippen LogP contribution is 2.51. The van der Waals surface area contributed by atoms with Crippen LogP contribution in [0.4, 0.5) is 26.3 Å². The van der Waals surface area contributed by atoms with Crippen LogP contribution in [0.15, 0.2) is 175 Å². The maximum Gasteiger partial charge on any atom is 0.305 e. The molecule has 9 aliphatic rings. The predicted molar refractivity (Wildman–Crippen MR) is 415 cm³/mol. The molecule has 596 valence electrons. The van der Waals surface area contributed by atoms with E-state index in [-0.39, 0.29) is 92.1 Å². The number of rotatable bonds is 9. The van der Waals surface area contributed by atoms with Gasteiger partial charge in [0.1, 0.15) is 18.5 Å². The highest BCUT2D eigenvalue weighted by molar-refractivity contribution is 7.99. The highest BCUT2D eigenvalue weighted by Gasteiger charge is 2.51. The Hall–Kier alpha value is -11.1. The molecule has 12 heterocycles. The van der Waals surface area contributed by atoms with Gasteiger partial charge in [-0.2, -0.15) is 0 Å². The van der Waals surface area contributed by atoms with Crippen molar-refractivity contribution in [2.75, 3.05) is 48.2 Å². The molecule has 0 bridgehead atoms. The first-order valence-corrected chi connectivity index (χ1v) is 40.7. The Kier molecular flexibility index (Phi) is 21.4. The lowest BCUT2D eigenvalue weighted by Gasteiger charge is -2.53. The van der Waals surface area contributed by atoms with Crippen molar-refractivity contribution < 1.29 is 74.4 Å². The molecule has 6 aromatic carbocycles. The van der Waals surface area contributed by atoms with Gasteiger partial charge in [0, 0.05) is 119 Å². The largest absolute Gasteiger partial charge is 0.502 e. The van der Waals surface area contributed by atoms with E-state index < -0.39 is 125 Å². The summed E-state index contributed by atoms with van der Waals surface area (Å²) in [4.78, 5) is 110. The summed E-state index contributed by atoms with van der Waals surface area (Å²) in [6.45, 7) is 8.89. The molecule has 3 aromatic heterocycles. The average molecular weight is 1630 g/mol. The molecule has 115 heavy (non-hydrogen) atoms. The molecule has 0 aliphatic carbocycles. The lowest BCUT2D eigenvalue weighted by atomic mass is 9.90. The van der Waals surface area contributed by atoms with Crippen LogP contribution in [0.2, 0.25) is 0 Å². The predicted octanol–water partition coefficient (Wildman–Crippen LogP) is 13.5. The third-order valence-corrected chi connectivity index (χ3v) is 25.9. The second-order valence-corrected chi connectivity index (χ2v) is 33.0. The first-order valence-electron chi connectivity index (χ1n) is 37.7. The van der Waals surface area contributed by atoms with Gasteiger partial charge >= 0.3 is 11.9 Å². The standard InChI is InChI=1S/2C29H27F2N3O5S.C26H23F2N3O3S/c2*1-16-7-10-24-32(13-16)29(37)27-28(39-15-38-17(2)35)22(36)11-12-33(27)34(24)26-18-8-9-21(30)25(31)20(18)14-40-23-6-4-3-5-19(23)26;1-14-6-9-21-29(12-14)26(34)24-25(33)19(32)10-11-30(24)31(21)23-15-7-8-18(27)22(28)17(15)13-35-20-5-3-2-4-16(20)23/h2*3-6,8-9,11-12,16,24,26H,7,10,13-15H2,1-2H3;2-5,7-8,10-11,14,21,23,33H,6,9,12-13H2,1H3/t2*16-,24-,26+;14-,21-,23+/m111/s1. The normalized spacial score (nSPS) is 22.0. The fraction of sp³-hybridized carbons (Fsp3) is 0.333. The number of amides is 3. The van der Waals surface area contributed by atoms with Crippen LogP contribution in [0, 0.1) is 52.7 Å². The van der Waals surface area contributed by atoms with Gasteiger partial charge in [0.25, 0.3) is 17.7 Å². The molecule has 1 N–H and O–H groups in total. The van der Waals surface area contributed by atoms with E-state index in [9.17, 15) is 56.6 Å². The Morgan fingerprint density at radius 1 is 0.400 bits per heavy atom. The third kappa shape index (κ3) is 14.0. The summed E-state index contributed by atoms with van der Waals surface area (Å²) < 4.78 is 115. The average Bonchev–Trinajstić information content (AvgIpc) is 1.58. The number of fused-ring (bicyclic) bond motifs is 12. The van der Waals surface area contributed by atoms with Gasteiger partial charge in [0.05, 0.1) is 18.1 Å². The zero-order chi connectivity index (χ0) is 80.7. The number of nitrogens with zero attached hydrogens (tertiary/aromatic N) is 9. The Balaban J connectivity index is 0.000000130. The van der Waals surface area contributed by atoms with Gasteiger partial charge in [0.15, 0.2) is 57.7 Å². The van der Waals surface area contributed by atoms with Crippen molar-refractivity contribution >= 4 is 64.9 Å². The summed E-state index contributed by atoms with van der Waals surface area (Å²) in [5.74, 6) is -7.46. The van der Waals surface area contributed by atoms with Crippen molar-refractivity contribution in [3.8, 4) is 17.2 Å². The molecule has 22 nitrogen and oxygen atoms in total. The summed E-state index contributed by atoms with van der Waals surface area (Å²) in [7, 11) is 0. The van der Waals surface area contributed by atoms with E-state index in [2.05, 4.69) is 20.8 Å². The Morgan fingerprint density at radius 3 is 1.03 bits per heavy atom. The summed E-state index contributed by atoms with van der Waals surface area (Å²) >= 11 is 4.29. The van der Waals surface area contributed by atoms with Crippen LogP contribution in [0.25, 0.3) is 0 Å². The maximum atomic E-state index is 15.3. The number of aromatic hydroxyl groups is 1. The van der Waals surface area contributed by atoms with Crippen molar-refractivity contribution in [2.24, 2.45) is 17.8 Å². The molecule has 9 aromatic rings. The van der Waals surface area contributed by atoms with Crippen molar-refractivity contribution in [3.63, 3.8) is 0 Å². The molecule has 0 unspecified atom stereocenters. The van der Waals surface area contributed by atoms with Gasteiger partial charge in [0.2, 0.25) is 41.4 Å². The summed E-state index contributed by atoms with van der Waals surface area (Å²) in [5, 5.41) is 16.6. The molecule has 3 amide bonds. The number of halogens is 6. The number of benzene rings is 6. The van der Waals surface area contributed by atoms with Crippen molar-refractivity contribution in [3.05, 3.63) is 279 Å². The highest BCUT2D eigenvalue weighted by atomic mass is 32.2. The molecule has 3 saturated heterocycles. The van der Waals surface area contributed by atoms with Gasteiger partial charge in [-0.25, -0.2) is 26.3 Å². The van der Waals surface area contributed by atoms with E-state index in [0.717, 1.165) is 68.8 Å². The SMILES string of the molecule is CC(=O)OCOc1c2n(ccc1=O)N([C@@H]1c3ccccc3SCc3c1ccc(F)c3F)[C@@H]1CC[C@@H](C)CN1C2=O.CC(=O)OCOc1c2n(ccc1=O)N([C@@H]1c3ccccc3SCc3c1ccc(F)c3F)[C@@H]1CC[C@@H](C)CN1C2=O.C[C@@H]1CC[C@@H]2N(C1)C(=O)c1c(O)c(=O)ccn1N2[C@@H]1c2ccccc2SCc2c1ccc(F)c2F. The van der Waals surface area contributed by atoms with Crippen LogP contribution < -0.4 is 40.8 Å². The number of carbonyl (C=O) groups is 5. The van der Waals surface area contributed by atoms with Crippen molar-refractivity contribution in [2.45, 2.75) is 142 Å². The number of piperidine rings is 3. The van der Waals surface area contributed by atoms with E-state index in [1.807, 2.05) is 87.8 Å². The Bertz CT molecular complexity index is 5420. The molecule has 0 spiro atoms. The van der Waals surface area contributed by atoms with Crippen LogP contribution in [-0.2, 0) is 36.3 Å². The molecular formula is C84H77F6N9O13S3. The summed E-state index contributed by atoms with van der Waals surface area (Å²) in [6.07, 6.45) is 7.77. The van der Waals surface area contributed by atoms with Gasteiger partial charge in [-0.15, -0.1) is 35.3 Å². The van der Waals surface area contributed by atoms with E-state index in [1.165, 1.54) is 85.9 Å². The quantitative estimate of drug-likeness (QED) is 0.0804. The van der Waals surface area contributed by atoms with E-state index >= 15 is 13.2 Å². The van der Waals surface area contributed by atoms with Crippen LogP contribution in [0.3, 0.4) is 0 Å². The summed E-state index contributed by atoms with van der Waals surface area (Å²) in [6, 6.07) is 33.3. The maximum absolute atomic E-state index is 15.3. The number of thioether (sulfide) groups is 3. The number of esters is 2. The number of ether oxygens (including phenoxy) is 4. The Morgan fingerprint density at radius 2 is 0.704 bits per heavy atom. The summed E-state index contributed by atoms with van der Waals surface area (Å²) in [5.41, 5.74) is 3.32. The van der Waals surface area contributed by atoms with Crippen LogP contribution in [0.1, 0.15) is 173 Å². The second-order valence-electron chi connectivity index (χ2n) is 29.9. The lowest BCUT2D eigenvalue weighted by Crippen LogP contribution is -2.64. The molecule has 0 radical (unpaired) electrons. The number of hydrogen-bond donors (Lipinski definition) is 1. The third-order valence-electron chi connectivity index (χ3n) is 22.6. The van der Waals surface area contributed by atoms with Crippen LogP contribution in [-0.4, -0.2) is 115 Å². The van der Waals surface area contributed by atoms with Crippen molar-refractivity contribution in [1.29, 1.82) is 0 Å². The number of hydrogen-bond acceptors (Lipinski definition) is 19. The van der Waals surface area contributed by atoms with Gasteiger partial charge in [-0.3, -0.25) is 67.4 Å². The molecule has 3 fully saturated rings. The van der Waals surface area contributed by atoms with E-state index in [4.69, 9.17) is 18.9 Å². The van der Waals surface area contributed by atoms with Crippen molar-refractivity contribution in [1.82, 2.24) is 28.7 Å². The fourth-order valence-corrected chi connectivity index (χ4v) is 20.6. The van der Waals surface area contributed by atoms with Gasteiger partial charge in [-0.1, -0.05) is 93.6 Å². The number of pyridine rings is 3. The Labute approximate surface area is 668 Å². The first-order chi connectivity index (χ1) is 55.4. The minimum absolute atomic E-state index is 0.0106. The molecule has 0 saturated carbocycles. The number of aromatic nitrogens is 3. The minimum Gasteiger partial charge on any atom is -0.502 e. The zero-order valence-corrected chi connectivity index (χ0v) is 65.3. The second kappa shape index (κ2) is 31.6. The fourth-order valence-electron chi connectivity index (χ4n) is 17.3. The van der Waals surface area contributed by atoms with Gasteiger partial charge in [-0.05, 0) is 126 Å². The molecule has 9 atom stereocenters. The van der Waals surface area contributed by atoms with E-state index in [0.29, 0.717) is 55.6 Å². The lowest BCUT2D eigenvalue weighted by molar-refractivity contribution is -0.148. The smallest absolute Gasteiger partial charge is 0.305 e. The minimum atomic E-state index is -0.920. The van der Waals surface area contributed by atoms with Gasteiger partial charge < -0.3 is 38.8 Å². The number of carbonyl (C=O) groups excluding carboxylic acids is 5. The molecular weight excluding hydrogens is 1550 g/mol. The van der Waals surface area contributed by atoms with Crippen LogP contribution >= 0.6 is 35.3 Å². The zero-order valence-electron chi connectivity index (χ0n) is 62.8.